The Kier molecular flexibility index (Phi) is 4.75. The minimum atomic E-state index is -2.86. The monoisotopic (exact) mass is 276 g/mol. The molecule has 17 heavy (non-hydrogen) atoms. The van der Waals surface area contributed by atoms with Gasteiger partial charge in [0.15, 0.2) is 0 Å². The Morgan fingerprint density at radius 2 is 2.18 bits per heavy atom. The second-order valence-electron chi connectivity index (χ2n) is 3.66. The zero-order valence-corrected chi connectivity index (χ0v) is 11.3. The number of benzene rings is 1. The molecule has 0 aliphatic rings. The van der Waals surface area contributed by atoms with Crippen LogP contribution in [0.1, 0.15) is 22.8 Å². The van der Waals surface area contributed by atoms with Gasteiger partial charge in [-0.25, -0.2) is 4.79 Å². The molecule has 0 heterocycles. The topological polar surface area (TPSA) is 63.6 Å². The van der Waals surface area contributed by atoms with Crippen molar-refractivity contribution >= 4 is 24.9 Å². The summed E-state index contributed by atoms with van der Waals surface area (Å²) in [6, 6.07) is 4.57. The van der Waals surface area contributed by atoms with Gasteiger partial charge in [0, 0.05) is 11.7 Å². The zero-order valence-electron chi connectivity index (χ0n) is 9.64. The van der Waals surface area contributed by atoms with E-state index in [1.807, 2.05) is 0 Å². The van der Waals surface area contributed by atoms with Gasteiger partial charge in [0.1, 0.15) is 0 Å². The fraction of sp³-hybridized carbons (Fsp3) is 0.364. The van der Waals surface area contributed by atoms with Crippen molar-refractivity contribution in [2.45, 2.75) is 13.1 Å². The summed E-state index contributed by atoms with van der Waals surface area (Å²) in [5, 5.41) is 9.33. The average Bonchev–Trinajstić information content (AvgIpc) is 2.20. The van der Waals surface area contributed by atoms with E-state index in [0.717, 1.165) is 0 Å². The maximum atomic E-state index is 12.0. The SMILES string of the molecule is CCOP(C)(=O)Cc1c(Cl)cccc1C(=O)O. The lowest BCUT2D eigenvalue weighted by Gasteiger charge is -2.15. The number of rotatable bonds is 5. The van der Waals surface area contributed by atoms with E-state index in [9.17, 15) is 9.36 Å². The molecule has 0 saturated carbocycles. The van der Waals surface area contributed by atoms with E-state index >= 15 is 0 Å². The maximum absolute atomic E-state index is 12.0. The average molecular weight is 277 g/mol. The van der Waals surface area contributed by atoms with Gasteiger partial charge in [0.2, 0.25) is 7.37 Å². The molecule has 0 aromatic heterocycles. The highest BCUT2D eigenvalue weighted by molar-refractivity contribution is 7.57. The van der Waals surface area contributed by atoms with Crippen LogP contribution in [0, 0.1) is 0 Å². The molecule has 0 aliphatic carbocycles. The fourth-order valence-electron chi connectivity index (χ4n) is 1.53. The van der Waals surface area contributed by atoms with E-state index in [1.165, 1.54) is 12.7 Å². The molecule has 0 radical (unpaired) electrons. The van der Waals surface area contributed by atoms with Gasteiger partial charge in [-0.2, -0.15) is 0 Å². The molecule has 0 aliphatic heterocycles. The van der Waals surface area contributed by atoms with Crippen LogP contribution >= 0.6 is 19.0 Å². The Labute approximate surface area is 105 Å². The lowest BCUT2D eigenvalue weighted by atomic mass is 10.1. The van der Waals surface area contributed by atoms with Gasteiger partial charge < -0.3 is 9.63 Å². The quantitative estimate of drug-likeness (QED) is 0.836. The third kappa shape index (κ3) is 3.84. The number of carboxylic acids is 1. The third-order valence-electron chi connectivity index (χ3n) is 2.20. The van der Waals surface area contributed by atoms with Gasteiger partial charge in [-0.15, -0.1) is 0 Å². The predicted octanol–water partition coefficient (Wildman–Crippen LogP) is 3.48. The number of carbonyl (C=O) groups is 1. The minimum absolute atomic E-state index is 0.0299. The summed E-state index contributed by atoms with van der Waals surface area (Å²) >= 11 is 5.94. The Hall–Kier alpha value is -0.830. The van der Waals surface area contributed by atoms with Gasteiger partial charge in [-0.3, -0.25) is 4.57 Å². The molecule has 0 fully saturated rings. The van der Waals surface area contributed by atoms with Crippen LogP contribution in [0.25, 0.3) is 0 Å². The molecule has 0 amide bonds. The second kappa shape index (κ2) is 5.67. The Bertz CT molecular complexity index is 473. The molecule has 1 aromatic rings. The zero-order chi connectivity index (χ0) is 13.1. The first-order valence-electron chi connectivity index (χ1n) is 5.09. The van der Waals surface area contributed by atoms with Crippen LogP contribution in [0.15, 0.2) is 18.2 Å². The molecule has 0 saturated heterocycles. The highest BCUT2D eigenvalue weighted by atomic mass is 35.5. The van der Waals surface area contributed by atoms with Crippen LogP contribution in [-0.4, -0.2) is 24.3 Å². The summed E-state index contributed by atoms with van der Waals surface area (Å²) in [7, 11) is -2.86. The van der Waals surface area contributed by atoms with Crippen molar-refractivity contribution in [3.05, 3.63) is 34.3 Å². The van der Waals surface area contributed by atoms with Gasteiger partial charge >= 0.3 is 5.97 Å². The molecule has 1 rings (SSSR count). The first-order valence-corrected chi connectivity index (χ1v) is 7.72. The highest BCUT2D eigenvalue weighted by Crippen LogP contribution is 2.47. The molecule has 1 atom stereocenters. The van der Waals surface area contributed by atoms with Gasteiger partial charge in [-0.05, 0) is 24.6 Å². The number of carboxylic acid groups (broad SMARTS) is 1. The molecule has 0 bridgehead atoms. The van der Waals surface area contributed by atoms with E-state index in [-0.39, 0.29) is 11.7 Å². The summed E-state index contributed by atoms with van der Waals surface area (Å²) in [4.78, 5) is 11.0. The summed E-state index contributed by atoms with van der Waals surface area (Å²) < 4.78 is 17.2. The van der Waals surface area contributed by atoms with Gasteiger partial charge in [-0.1, -0.05) is 17.7 Å². The molecule has 1 aromatic carbocycles. The highest BCUT2D eigenvalue weighted by Gasteiger charge is 2.22. The molecular formula is C11H14ClO4P. The molecule has 1 unspecified atom stereocenters. The molecule has 1 N–H and O–H groups in total. The number of aromatic carboxylic acids is 1. The first-order chi connectivity index (χ1) is 7.87. The first kappa shape index (κ1) is 14.2. The summed E-state index contributed by atoms with van der Waals surface area (Å²) in [6.45, 7) is 3.53. The van der Waals surface area contributed by atoms with Crippen LogP contribution in [0.5, 0.6) is 0 Å². The van der Waals surface area contributed by atoms with Crippen molar-refractivity contribution in [3.8, 4) is 0 Å². The predicted molar refractivity (Wildman–Crippen MR) is 67.3 cm³/mol. The van der Waals surface area contributed by atoms with E-state index in [2.05, 4.69) is 0 Å². The number of hydrogen-bond donors (Lipinski definition) is 1. The summed E-state index contributed by atoms with van der Waals surface area (Å²) in [5.74, 6) is -1.08. The molecule has 4 nitrogen and oxygen atoms in total. The van der Waals surface area contributed by atoms with Crippen molar-refractivity contribution in [2.24, 2.45) is 0 Å². The van der Waals surface area contributed by atoms with Crippen molar-refractivity contribution in [2.75, 3.05) is 13.3 Å². The van der Waals surface area contributed by atoms with Gasteiger partial charge in [0.05, 0.1) is 18.3 Å². The van der Waals surface area contributed by atoms with Crippen LogP contribution in [0.3, 0.4) is 0 Å². The van der Waals surface area contributed by atoms with Gasteiger partial charge in [0.25, 0.3) is 0 Å². The lowest BCUT2D eigenvalue weighted by Crippen LogP contribution is -2.04. The van der Waals surface area contributed by atoms with Crippen LogP contribution in [0.2, 0.25) is 5.02 Å². The van der Waals surface area contributed by atoms with Crippen molar-refractivity contribution in [3.63, 3.8) is 0 Å². The standard InChI is InChI=1S/C11H14ClO4P/c1-3-16-17(2,15)7-9-8(11(13)14)5-4-6-10(9)12/h4-6H,3,7H2,1-2H3,(H,13,14). The normalized spacial score (nSPS) is 14.3. The smallest absolute Gasteiger partial charge is 0.336 e. The lowest BCUT2D eigenvalue weighted by molar-refractivity contribution is 0.0696. The number of halogens is 1. The molecule has 0 spiro atoms. The molecule has 94 valence electrons. The second-order valence-corrected chi connectivity index (χ2v) is 6.67. The Morgan fingerprint density at radius 1 is 1.53 bits per heavy atom. The molecular weight excluding hydrogens is 263 g/mol. The fourth-order valence-corrected chi connectivity index (χ4v) is 3.41. The Morgan fingerprint density at radius 3 is 2.71 bits per heavy atom. The van der Waals surface area contributed by atoms with Crippen molar-refractivity contribution in [1.29, 1.82) is 0 Å². The van der Waals surface area contributed by atoms with E-state index in [0.29, 0.717) is 17.2 Å². The maximum Gasteiger partial charge on any atom is 0.336 e. The largest absolute Gasteiger partial charge is 0.478 e. The number of hydrogen-bond acceptors (Lipinski definition) is 3. The minimum Gasteiger partial charge on any atom is -0.478 e. The van der Waals surface area contributed by atoms with E-state index < -0.39 is 13.3 Å². The van der Waals surface area contributed by atoms with Crippen molar-refractivity contribution in [1.82, 2.24) is 0 Å². The molecule has 6 heteroatoms. The van der Waals surface area contributed by atoms with Crippen molar-refractivity contribution < 1.29 is 19.0 Å². The van der Waals surface area contributed by atoms with Crippen LogP contribution in [-0.2, 0) is 15.3 Å². The van der Waals surface area contributed by atoms with E-state index in [4.69, 9.17) is 21.2 Å². The third-order valence-corrected chi connectivity index (χ3v) is 4.25. The van der Waals surface area contributed by atoms with Crippen LogP contribution in [0.4, 0.5) is 0 Å². The summed E-state index contributed by atoms with van der Waals surface area (Å²) in [5.41, 5.74) is 0.431. The summed E-state index contributed by atoms with van der Waals surface area (Å²) in [6.07, 6.45) is 0.0299. The Balaban J connectivity index is 3.13. The van der Waals surface area contributed by atoms with E-state index in [1.54, 1.807) is 19.1 Å². The van der Waals surface area contributed by atoms with Crippen LogP contribution < -0.4 is 0 Å².